The van der Waals surface area contributed by atoms with Crippen LogP contribution in [0.15, 0.2) is 85.7 Å². The SMILES string of the molecule is Cc1cccn2cc(COc3ccccc3C(=O)Nc3ccc(Cn4cncn4)cc3)nc12. The Bertz CT molecular complexity index is 1390. The van der Waals surface area contributed by atoms with Crippen LogP contribution in [-0.4, -0.2) is 30.1 Å². The van der Waals surface area contributed by atoms with Gasteiger partial charge in [-0.05, 0) is 48.4 Å². The average molecular weight is 438 g/mol. The molecule has 0 aliphatic rings. The highest BCUT2D eigenvalue weighted by atomic mass is 16.5. The van der Waals surface area contributed by atoms with Crippen LogP contribution in [-0.2, 0) is 13.2 Å². The summed E-state index contributed by atoms with van der Waals surface area (Å²) < 4.78 is 9.69. The second-order valence-electron chi connectivity index (χ2n) is 7.68. The number of imidazole rings is 1. The highest BCUT2D eigenvalue weighted by molar-refractivity contribution is 6.06. The number of benzene rings is 2. The van der Waals surface area contributed by atoms with Crippen molar-refractivity contribution < 1.29 is 9.53 Å². The van der Waals surface area contributed by atoms with Gasteiger partial charge in [-0.1, -0.05) is 30.3 Å². The summed E-state index contributed by atoms with van der Waals surface area (Å²) in [5, 5.41) is 7.04. The highest BCUT2D eigenvalue weighted by Gasteiger charge is 2.13. The number of aryl methyl sites for hydroxylation is 1. The van der Waals surface area contributed by atoms with E-state index in [-0.39, 0.29) is 12.5 Å². The number of nitrogens with zero attached hydrogens (tertiary/aromatic N) is 5. The number of anilines is 1. The molecule has 3 heterocycles. The molecule has 1 amide bonds. The molecule has 5 aromatic rings. The molecule has 164 valence electrons. The summed E-state index contributed by atoms with van der Waals surface area (Å²) in [5.74, 6) is 0.270. The number of hydrogen-bond donors (Lipinski definition) is 1. The minimum atomic E-state index is -0.236. The molecule has 0 fully saturated rings. The molecule has 1 N–H and O–H groups in total. The van der Waals surface area contributed by atoms with Crippen LogP contribution in [0, 0.1) is 6.92 Å². The van der Waals surface area contributed by atoms with Crippen LogP contribution in [0.2, 0.25) is 0 Å². The fourth-order valence-electron chi connectivity index (χ4n) is 3.60. The molecule has 8 heteroatoms. The second kappa shape index (κ2) is 8.96. The van der Waals surface area contributed by atoms with Crippen LogP contribution in [0.1, 0.15) is 27.2 Å². The van der Waals surface area contributed by atoms with Gasteiger partial charge in [0.25, 0.3) is 5.91 Å². The van der Waals surface area contributed by atoms with Gasteiger partial charge in [-0.3, -0.25) is 4.79 Å². The Morgan fingerprint density at radius 3 is 2.70 bits per heavy atom. The quantitative estimate of drug-likeness (QED) is 0.413. The van der Waals surface area contributed by atoms with E-state index in [9.17, 15) is 4.79 Å². The smallest absolute Gasteiger partial charge is 0.259 e. The Balaban J connectivity index is 1.26. The first-order chi connectivity index (χ1) is 16.2. The van der Waals surface area contributed by atoms with Crippen molar-refractivity contribution in [1.29, 1.82) is 0 Å². The van der Waals surface area contributed by atoms with Crippen LogP contribution >= 0.6 is 0 Å². The zero-order valence-electron chi connectivity index (χ0n) is 18.0. The van der Waals surface area contributed by atoms with Gasteiger partial charge in [-0.25, -0.2) is 14.6 Å². The number of hydrogen-bond acceptors (Lipinski definition) is 5. The van der Waals surface area contributed by atoms with Crippen LogP contribution in [0.3, 0.4) is 0 Å². The second-order valence-corrected chi connectivity index (χ2v) is 7.68. The molecule has 0 bridgehead atoms. The summed E-state index contributed by atoms with van der Waals surface area (Å²) in [6, 6.07) is 18.8. The number of para-hydroxylation sites is 1. The van der Waals surface area contributed by atoms with Crippen molar-refractivity contribution in [2.24, 2.45) is 0 Å². The lowest BCUT2D eigenvalue weighted by Crippen LogP contribution is -2.13. The first-order valence-corrected chi connectivity index (χ1v) is 10.5. The molecular weight excluding hydrogens is 416 g/mol. The van der Waals surface area contributed by atoms with E-state index in [0.717, 1.165) is 22.5 Å². The molecule has 0 atom stereocenters. The molecule has 0 spiro atoms. The third-order valence-corrected chi connectivity index (χ3v) is 5.26. The van der Waals surface area contributed by atoms with E-state index in [1.165, 1.54) is 6.33 Å². The molecule has 0 saturated carbocycles. The number of aromatic nitrogens is 5. The van der Waals surface area contributed by atoms with Crippen molar-refractivity contribution in [2.45, 2.75) is 20.1 Å². The van der Waals surface area contributed by atoms with E-state index in [0.29, 0.717) is 23.5 Å². The Morgan fingerprint density at radius 1 is 1.06 bits per heavy atom. The topological polar surface area (TPSA) is 86.3 Å². The van der Waals surface area contributed by atoms with Gasteiger partial charge in [0.15, 0.2) is 0 Å². The maximum Gasteiger partial charge on any atom is 0.259 e. The van der Waals surface area contributed by atoms with Gasteiger partial charge in [0.2, 0.25) is 0 Å². The Morgan fingerprint density at radius 2 is 1.91 bits per heavy atom. The zero-order chi connectivity index (χ0) is 22.6. The van der Waals surface area contributed by atoms with Crippen molar-refractivity contribution in [1.82, 2.24) is 24.1 Å². The van der Waals surface area contributed by atoms with Crippen LogP contribution in [0.5, 0.6) is 5.75 Å². The van der Waals surface area contributed by atoms with Gasteiger partial charge in [0, 0.05) is 18.1 Å². The number of carbonyl (C=O) groups is 1. The van der Waals surface area contributed by atoms with Crippen molar-refractivity contribution in [3.63, 3.8) is 0 Å². The predicted molar refractivity (Wildman–Crippen MR) is 124 cm³/mol. The predicted octanol–water partition coefficient (Wildman–Crippen LogP) is 4.11. The van der Waals surface area contributed by atoms with Crippen molar-refractivity contribution in [3.8, 4) is 5.75 Å². The van der Waals surface area contributed by atoms with Crippen LogP contribution < -0.4 is 10.1 Å². The Hall–Kier alpha value is -4.46. The fourth-order valence-corrected chi connectivity index (χ4v) is 3.60. The fraction of sp³-hybridized carbons (Fsp3) is 0.120. The first-order valence-electron chi connectivity index (χ1n) is 10.5. The summed E-state index contributed by atoms with van der Waals surface area (Å²) >= 11 is 0. The molecule has 8 nitrogen and oxygen atoms in total. The summed E-state index contributed by atoms with van der Waals surface area (Å²) in [4.78, 5) is 21.5. The van der Waals surface area contributed by atoms with Gasteiger partial charge in [-0.2, -0.15) is 5.10 Å². The first kappa shape index (κ1) is 20.4. The van der Waals surface area contributed by atoms with Crippen LogP contribution in [0.4, 0.5) is 5.69 Å². The molecule has 2 aromatic carbocycles. The van der Waals surface area contributed by atoms with Gasteiger partial charge in [0.05, 0.1) is 17.8 Å². The minimum absolute atomic E-state index is 0.236. The number of carbonyl (C=O) groups excluding carboxylic acids is 1. The van der Waals surface area contributed by atoms with Crippen molar-refractivity contribution in [3.05, 3.63) is 108 Å². The van der Waals surface area contributed by atoms with Crippen molar-refractivity contribution >= 4 is 17.2 Å². The molecule has 3 aromatic heterocycles. The van der Waals surface area contributed by atoms with Gasteiger partial charge < -0.3 is 14.5 Å². The third kappa shape index (κ3) is 4.59. The standard InChI is InChI=1S/C25H22N6O2/c1-18-5-4-12-30-14-21(28-24(18)30)15-33-23-7-3-2-6-22(23)25(32)29-20-10-8-19(9-11-20)13-31-17-26-16-27-31/h2-12,14,16-17H,13,15H2,1H3,(H,29,32). The maximum atomic E-state index is 12.9. The Kier molecular flexibility index (Phi) is 5.55. The van der Waals surface area contributed by atoms with E-state index in [1.807, 2.05) is 72.2 Å². The van der Waals surface area contributed by atoms with Crippen molar-refractivity contribution in [2.75, 3.05) is 5.32 Å². The van der Waals surface area contributed by atoms with Crippen LogP contribution in [0.25, 0.3) is 5.65 Å². The van der Waals surface area contributed by atoms with E-state index in [2.05, 4.69) is 20.4 Å². The van der Waals surface area contributed by atoms with E-state index < -0.39 is 0 Å². The molecule has 0 radical (unpaired) electrons. The molecule has 5 rings (SSSR count). The lowest BCUT2D eigenvalue weighted by Gasteiger charge is -2.11. The molecule has 33 heavy (non-hydrogen) atoms. The molecular formula is C25H22N6O2. The monoisotopic (exact) mass is 438 g/mol. The minimum Gasteiger partial charge on any atom is -0.486 e. The molecule has 0 saturated heterocycles. The lowest BCUT2D eigenvalue weighted by molar-refractivity contribution is 0.102. The average Bonchev–Trinajstić information content (AvgIpc) is 3.49. The van der Waals surface area contributed by atoms with E-state index in [1.54, 1.807) is 23.1 Å². The normalized spacial score (nSPS) is 10.9. The lowest BCUT2D eigenvalue weighted by atomic mass is 10.1. The molecule has 0 aliphatic heterocycles. The highest BCUT2D eigenvalue weighted by Crippen LogP contribution is 2.22. The number of pyridine rings is 1. The number of ether oxygens (including phenoxy) is 1. The number of amides is 1. The Labute approximate surface area is 190 Å². The molecule has 0 unspecified atom stereocenters. The third-order valence-electron chi connectivity index (χ3n) is 5.26. The van der Waals surface area contributed by atoms with E-state index in [4.69, 9.17) is 4.74 Å². The maximum absolute atomic E-state index is 12.9. The van der Waals surface area contributed by atoms with E-state index >= 15 is 0 Å². The number of fused-ring (bicyclic) bond motifs is 1. The number of rotatable bonds is 7. The van der Waals surface area contributed by atoms with Gasteiger partial charge >= 0.3 is 0 Å². The van der Waals surface area contributed by atoms with Gasteiger partial charge in [0.1, 0.15) is 30.7 Å². The summed E-state index contributed by atoms with van der Waals surface area (Å²) in [6.07, 6.45) is 7.06. The summed E-state index contributed by atoms with van der Waals surface area (Å²) in [7, 11) is 0. The summed E-state index contributed by atoms with van der Waals surface area (Å²) in [6.45, 7) is 2.91. The largest absolute Gasteiger partial charge is 0.486 e. The molecule has 0 aliphatic carbocycles. The summed E-state index contributed by atoms with van der Waals surface area (Å²) in [5.41, 5.74) is 5.01. The zero-order valence-corrected chi connectivity index (χ0v) is 18.0. The van der Waals surface area contributed by atoms with Gasteiger partial charge in [-0.15, -0.1) is 0 Å². The number of nitrogens with one attached hydrogen (secondary N) is 1.